The van der Waals surface area contributed by atoms with E-state index in [-0.39, 0.29) is 6.10 Å². The van der Waals surface area contributed by atoms with E-state index in [1.807, 2.05) is 6.92 Å². The molecule has 1 aliphatic heterocycles. The zero-order valence-corrected chi connectivity index (χ0v) is 8.78. The molecule has 0 aliphatic carbocycles. The van der Waals surface area contributed by atoms with Crippen molar-refractivity contribution >= 4 is 11.3 Å². The van der Waals surface area contributed by atoms with Crippen LogP contribution >= 0.6 is 11.3 Å². The second kappa shape index (κ2) is 3.74. The van der Waals surface area contributed by atoms with E-state index in [1.54, 1.807) is 11.3 Å². The first-order valence-corrected chi connectivity index (χ1v) is 5.35. The molecule has 0 saturated carbocycles. The van der Waals surface area contributed by atoms with Crippen LogP contribution in [0.5, 0.6) is 0 Å². The quantitative estimate of drug-likeness (QED) is 0.741. The van der Waals surface area contributed by atoms with Gasteiger partial charge in [0.1, 0.15) is 6.10 Å². The molecular formula is C9H14N2OS. The zero-order valence-electron chi connectivity index (χ0n) is 7.96. The molecule has 0 amide bonds. The summed E-state index contributed by atoms with van der Waals surface area (Å²) in [4.78, 5) is 5.68. The molecule has 3 nitrogen and oxygen atoms in total. The molecule has 1 atom stereocenters. The van der Waals surface area contributed by atoms with Crippen molar-refractivity contribution in [2.45, 2.75) is 20.0 Å². The smallest absolute Gasteiger partial charge is 0.106 e. The van der Waals surface area contributed by atoms with Gasteiger partial charge in [0.25, 0.3) is 0 Å². The number of hydrogen-bond acceptors (Lipinski definition) is 4. The molecule has 72 valence electrons. The summed E-state index contributed by atoms with van der Waals surface area (Å²) in [6.45, 7) is 6.78. The molecule has 0 spiro atoms. The lowest BCUT2D eigenvalue weighted by atomic mass is 10.2. The van der Waals surface area contributed by atoms with Crippen LogP contribution in [0.3, 0.4) is 0 Å². The minimum atomic E-state index is 0.222. The van der Waals surface area contributed by atoms with Gasteiger partial charge in [-0.2, -0.15) is 0 Å². The number of aromatic nitrogens is 1. The van der Waals surface area contributed by atoms with Crippen molar-refractivity contribution in [1.82, 2.24) is 10.3 Å². The Labute approximate surface area is 82.1 Å². The molecule has 1 unspecified atom stereocenters. The average molecular weight is 198 g/mol. The van der Waals surface area contributed by atoms with Crippen LogP contribution in [0.1, 0.15) is 21.7 Å². The summed E-state index contributed by atoms with van der Waals surface area (Å²) in [5.74, 6) is 0. The fourth-order valence-corrected chi connectivity index (χ4v) is 2.56. The van der Waals surface area contributed by atoms with Gasteiger partial charge in [-0.15, -0.1) is 11.3 Å². The Morgan fingerprint density at radius 3 is 2.92 bits per heavy atom. The summed E-state index contributed by atoms with van der Waals surface area (Å²) in [7, 11) is 0. The minimum absolute atomic E-state index is 0.222. The lowest BCUT2D eigenvalue weighted by Crippen LogP contribution is -2.33. The highest BCUT2D eigenvalue weighted by Gasteiger charge is 2.20. The van der Waals surface area contributed by atoms with Crippen LogP contribution in [0.4, 0.5) is 0 Å². The van der Waals surface area contributed by atoms with E-state index in [1.165, 1.54) is 4.88 Å². The van der Waals surface area contributed by atoms with Gasteiger partial charge >= 0.3 is 0 Å². The highest BCUT2D eigenvalue weighted by atomic mass is 32.1. The summed E-state index contributed by atoms with van der Waals surface area (Å²) >= 11 is 1.74. The van der Waals surface area contributed by atoms with Crippen LogP contribution < -0.4 is 5.32 Å². The second-order valence-corrected chi connectivity index (χ2v) is 4.48. The molecule has 0 radical (unpaired) electrons. The third-order valence-corrected chi connectivity index (χ3v) is 3.32. The first-order valence-electron chi connectivity index (χ1n) is 4.53. The van der Waals surface area contributed by atoms with Crippen LogP contribution in [-0.4, -0.2) is 24.7 Å². The first-order chi connectivity index (χ1) is 6.27. The predicted octanol–water partition coefficient (Wildman–Crippen LogP) is 1.42. The number of nitrogens with zero attached hydrogens (tertiary/aromatic N) is 1. The normalized spacial score (nSPS) is 23.4. The number of thiazole rings is 1. The van der Waals surface area contributed by atoms with Crippen molar-refractivity contribution in [1.29, 1.82) is 0 Å². The molecule has 1 aromatic rings. The molecule has 1 aliphatic rings. The SMILES string of the molecule is Cc1nc(C)c(C2CNCCO2)s1. The van der Waals surface area contributed by atoms with Crippen LogP contribution in [0.2, 0.25) is 0 Å². The Morgan fingerprint density at radius 1 is 1.54 bits per heavy atom. The average Bonchev–Trinajstić information content (AvgIpc) is 2.47. The molecule has 4 heteroatoms. The van der Waals surface area contributed by atoms with Gasteiger partial charge < -0.3 is 10.1 Å². The van der Waals surface area contributed by atoms with Gasteiger partial charge in [0.15, 0.2) is 0 Å². The van der Waals surface area contributed by atoms with Crippen LogP contribution in [0, 0.1) is 13.8 Å². The number of hydrogen-bond donors (Lipinski definition) is 1. The second-order valence-electron chi connectivity index (χ2n) is 3.25. The summed E-state index contributed by atoms with van der Waals surface area (Å²) in [6.07, 6.45) is 0.222. The topological polar surface area (TPSA) is 34.2 Å². The van der Waals surface area contributed by atoms with Gasteiger partial charge in [0, 0.05) is 13.1 Å². The van der Waals surface area contributed by atoms with Gasteiger partial charge in [-0.25, -0.2) is 4.98 Å². The Kier molecular flexibility index (Phi) is 2.62. The maximum Gasteiger partial charge on any atom is 0.106 e. The molecule has 1 N–H and O–H groups in total. The number of ether oxygens (including phenoxy) is 1. The molecule has 2 rings (SSSR count). The van der Waals surface area contributed by atoms with E-state index in [9.17, 15) is 0 Å². The van der Waals surface area contributed by atoms with E-state index >= 15 is 0 Å². The van der Waals surface area contributed by atoms with E-state index < -0.39 is 0 Å². The molecular weight excluding hydrogens is 184 g/mol. The Morgan fingerprint density at radius 2 is 2.38 bits per heavy atom. The number of aryl methyl sites for hydroxylation is 2. The van der Waals surface area contributed by atoms with Crippen molar-refractivity contribution in [3.05, 3.63) is 15.6 Å². The zero-order chi connectivity index (χ0) is 9.26. The van der Waals surface area contributed by atoms with Gasteiger partial charge in [-0.3, -0.25) is 0 Å². The third kappa shape index (κ3) is 1.90. The Hall–Kier alpha value is -0.450. The molecule has 13 heavy (non-hydrogen) atoms. The van der Waals surface area contributed by atoms with Crippen LogP contribution in [0.15, 0.2) is 0 Å². The lowest BCUT2D eigenvalue weighted by molar-refractivity contribution is 0.0295. The fraction of sp³-hybridized carbons (Fsp3) is 0.667. The van der Waals surface area contributed by atoms with Gasteiger partial charge in [0.05, 0.1) is 22.2 Å². The first kappa shape index (κ1) is 9.12. The van der Waals surface area contributed by atoms with Crippen molar-refractivity contribution in [2.24, 2.45) is 0 Å². The highest BCUT2D eigenvalue weighted by molar-refractivity contribution is 7.11. The standard InChI is InChI=1S/C9H14N2OS/c1-6-9(13-7(2)11-6)8-5-10-3-4-12-8/h8,10H,3-5H2,1-2H3. The van der Waals surface area contributed by atoms with Crippen LogP contribution in [0.25, 0.3) is 0 Å². The number of rotatable bonds is 1. The summed E-state index contributed by atoms with van der Waals surface area (Å²) < 4.78 is 5.67. The van der Waals surface area contributed by atoms with Gasteiger partial charge in [0.2, 0.25) is 0 Å². The molecule has 1 saturated heterocycles. The van der Waals surface area contributed by atoms with Crippen molar-refractivity contribution in [3.63, 3.8) is 0 Å². The Balaban J connectivity index is 2.18. The van der Waals surface area contributed by atoms with E-state index in [4.69, 9.17) is 4.74 Å². The van der Waals surface area contributed by atoms with Crippen molar-refractivity contribution < 1.29 is 4.74 Å². The van der Waals surface area contributed by atoms with Crippen molar-refractivity contribution in [3.8, 4) is 0 Å². The molecule has 1 fully saturated rings. The number of nitrogens with one attached hydrogen (secondary N) is 1. The monoisotopic (exact) mass is 198 g/mol. The van der Waals surface area contributed by atoms with Gasteiger partial charge in [-0.05, 0) is 13.8 Å². The molecule has 0 aromatic carbocycles. The van der Waals surface area contributed by atoms with E-state index in [2.05, 4.69) is 17.2 Å². The third-order valence-electron chi connectivity index (χ3n) is 2.16. The molecule has 2 heterocycles. The summed E-state index contributed by atoms with van der Waals surface area (Å²) in [5, 5.41) is 4.45. The number of morpholine rings is 1. The summed E-state index contributed by atoms with van der Waals surface area (Å²) in [6, 6.07) is 0. The predicted molar refractivity (Wildman–Crippen MR) is 53.2 cm³/mol. The van der Waals surface area contributed by atoms with Gasteiger partial charge in [-0.1, -0.05) is 0 Å². The van der Waals surface area contributed by atoms with E-state index in [0.29, 0.717) is 0 Å². The Bertz CT molecular complexity index is 292. The highest BCUT2D eigenvalue weighted by Crippen LogP contribution is 2.27. The molecule has 1 aromatic heterocycles. The lowest BCUT2D eigenvalue weighted by Gasteiger charge is -2.22. The maximum absolute atomic E-state index is 5.67. The minimum Gasteiger partial charge on any atom is -0.370 e. The molecule has 0 bridgehead atoms. The van der Waals surface area contributed by atoms with Crippen molar-refractivity contribution in [2.75, 3.05) is 19.7 Å². The largest absolute Gasteiger partial charge is 0.370 e. The fourth-order valence-electron chi connectivity index (χ4n) is 1.58. The van der Waals surface area contributed by atoms with Crippen LogP contribution in [-0.2, 0) is 4.74 Å². The summed E-state index contributed by atoms with van der Waals surface area (Å²) in [5.41, 5.74) is 1.12. The van der Waals surface area contributed by atoms with E-state index in [0.717, 1.165) is 30.4 Å². The maximum atomic E-state index is 5.67.